The van der Waals surface area contributed by atoms with Crippen molar-refractivity contribution in [2.24, 2.45) is 0 Å². The van der Waals surface area contributed by atoms with Gasteiger partial charge in [0.2, 0.25) is 5.88 Å². The highest BCUT2D eigenvalue weighted by Crippen LogP contribution is 2.21. The predicted molar refractivity (Wildman–Crippen MR) is 44.8 cm³/mol. The third kappa shape index (κ3) is 1.94. The lowest BCUT2D eigenvalue weighted by molar-refractivity contribution is 0.396. The second-order valence-corrected chi connectivity index (χ2v) is 3.25. The van der Waals surface area contributed by atoms with Gasteiger partial charge in [0, 0.05) is 6.07 Å². The van der Waals surface area contributed by atoms with E-state index < -0.39 is 11.1 Å². The molecule has 6 heteroatoms. The molecule has 0 bridgehead atoms. The quantitative estimate of drug-likeness (QED) is 0.744. The van der Waals surface area contributed by atoms with Crippen LogP contribution in [-0.2, 0) is 11.1 Å². The number of hydrogen-bond acceptors (Lipinski definition) is 3. The van der Waals surface area contributed by atoms with Crippen LogP contribution in [0.3, 0.4) is 0 Å². The molecule has 0 aliphatic rings. The molecule has 4 nitrogen and oxygen atoms in total. The van der Waals surface area contributed by atoms with E-state index in [1.54, 1.807) is 0 Å². The Morgan fingerprint density at radius 1 is 1.75 bits per heavy atom. The van der Waals surface area contributed by atoms with Gasteiger partial charge in [-0.25, -0.2) is 9.19 Å². The van der Waals surface area contributed by atoms with E-state index in [2.05, 4.69) is 4.98 Å². The molecule has 12 heavy (non-hydrogen) atoms. The average molecular weight is 208 g/mol. The zero-order valence-corrected chi connectivity index (χ0v) is 7.72. The van der Waals surface area contributed by atoms with E-state index in [0.29, 0.717) is 0 Å². The van der Waals surface area contributed by atoms with Crippen molar-refractivity contribution >= 4 is 22.7 Å². The number of pyridine rings is 1. The molecular formula is C6H6ClNO3S. The number of methoxy groups -OCH3 is 1. The Labute approximate surface area is 76.8 Å². The Morgan fingerprint density at radius 3 is 2.92 bits per heavy atom. The molecule has 0 fully saturated rings. The Kier molecular flexibility index (Phi) is 3.02. The fraction of sp³-hybridized carbons (Fsp3) is 0.167. The van der Waals surface area contributed by atoms with Gasteiger partial charge in [0.05, 0.1) is 23.2 Å². The number of nitrogens with zero attached hydrogens (tertiary/aromatic N) is 1. The number of rotatable bonds is 2. The van der Waals surface area contributed by atoms with Crippen LogP contribution in [0.1, 0.15) is 0 Å². The Balaban J connectivity index is 3.17. The first-order valence-electron chi connectivity index (χ1n) is 2.95. The molecule has 0 amide bonds. The van der Waals surface area contributed by atoms with E-state index >= 15 is 0 Å². The van der Waals surface area contributed by atoms with Gasteiger partial charge in [0.25, 0.3) is 0 Å². The fourth-order valence-electron chi connectivity index (χ4n) is 0.648. The number of ether oxygens (including phenoxy) is 1. The minimum Gasteiger partial charge on any atom is -0.481 e. The van der Waals surface area contributed by atoms with Gasteiger partial charge in [0.15, 0.2) is 11.1 Å². The maximum absolute atomic E-state index is 10.6. The van der Waals surface area contributed by atoms with Gasteiger partial charge >= 0.3 is 0 Å². The molecule has 1 unspecified atom stereocenters. The summed E-state index contributed by atoms with van der Waals surface area (Å²) in [4.78, 5) is 3.84. The Morgan fingerprint density at radius 2 is 2.42 bits per heavy atom. The maximum Gasteiger partial charge on any atom is 0.214 e. The minimum atomic E-state index is -2.10. The molecule has 1 heterocycles. The lowest BCUT2D eigenvalue weighted by Crippen LogP contribution is -1.93. The summed E-state index contributed by atoms with van der Waals surface area (Å²) < 4.78 is 24.1. The normalized spacial score (nSPS) is 12.6. The molecule has 0 saturated carbocycles. The first-order chi connectivity index (χ1) is 5.65. The van der Waals surface area contributed by atoms with Gasteiger partial charge in [-0.2, -0.15) is 0 Å². The van der Waals surface area contributed by atoms with Crippen molar-refractivity contribution in [1.29, 1.82) is 0 Å². The van der Waals surface area contributed by atoms with Crippen LogP contribution in [0.5, 0.6) is 5.88 Å². The standard InChI is InChI=1S/C6H6ClNO3S/c1-11-6-2-5(12(9)10)4(7)3-8-6/h2-3H,1H3,(H,9,10). The van der Waals surface area contributed by atoms with Crippen molar-refractivity contribution in [3.8, 4) is 5.88 Å². The Hall–Kier alpha value is -0.650. The van der Waals surface area contributed by atoms with Crippen LogP contribution in [0, 0.1) is 0 Å². The molecule has 66 valence electrons. The molecule has 1 aromatic heterocycles. The third-order valence-electron chi connectivity index (χ3n) is 1.19. The van der Waals surface area contributed by atoms with Gasteiger partial charge in [0.1, 0.15) is 0 Å². The van der Waals surface area contributed by atoms with Gasteiger partial charge in [-0.15, -0.1) is 0 Å². The molecule has 0 aliphatic carbocycles. The van der Waals surface area contributed by atoms with Crippen LogP contribution >= 0.6 is 11.6 Å². The second kappa shape index (κ2) is 3.84. The van der Waals surface area contributed by atoms with Crippen molar-refractivity contribution in [2.45, 2.75) is 4.90 Å². The lowest BCUT2D eigenvalue weighted by Gasteiger charge is -2.01. The van der Waals surface area contributed by atoms with Crippen molar-refractivity contribution in [2.75, 3.05) is 7.11 Å². The lowest BCUT2D eigenvalue weighted by atomic mass is 10.5. The molecule has 1 aromatic rings. The maximum atomic E-state index is 10.6. The van der Waals surface area contributed by atoms with E-state index in [4.69, 9.17) is 20.9 Å². The molecule has 0 spiro atoms. The molecule has 1 rings (SSSR count). The number of hydrogen-bond donors (Lipinski definition) is 1. The number of halogens is 1. The summed E-state index contributed by atoms with van der Waals surface area (Å²) in [7, 11) is 1.42. The number of aromatic nitrogens is 1. The Bertz CT molecular complexity index is 318. The summed E-state index contributed by atoms with van der Waals surface area (Å²) in [6, 6.07) is 1.32. The van der Waals surface area contributed by atoms with Crippen molar-refractivity contribution in [3.63, 3.8) is 0 Å². The van der Waals surface area contributed by atoms with Crippen molar-refractivity contribution < 1.29 is 13.5 Å². The monoisotopic (exact) mass is 207 g/mol. The zero-order valence-electron chi connectivity index (χ0n) is 6.15. The summed E-state index contributed by atoms with van der Waals surface area (Å²) in [5.74, 6) is 0.261. The summed E-state index contributed by atoms with van der Waals surface area (Å²) >= 11 is 3.47. The summed E-state index contributed by atoms with van der Waals surface area (Å²) in [6.45, 7) is 0. The topological polar surface area (TPSA) is 59.4 Å². The van der Waals surface area contributed by atoms with E-state index in [1.165, 1.54) is 19.4 Å². The van der Waals surface area contributed by atoms with Crippen LogP contribution in [-0.4, -0.2) is 20.9 Å². The van der Waals surface area contributed by atoms with E-state index in [9.17, 15) is 4.21 Å². The molecular weight excluding hydrogens is 202 g/mol. The summed E-state index contributed by atoms with van der Waals surface area (Å²) in [6.07, 6.45) is 1.27. The van der Waals surface area contributed by atoms with E-state index in [0.717, 1.165) is 0 Å². The zero-order chi connectivity index (χ0) is 9.14. The molecule has 1 N–H and O–H groups in total. The first-order valence-corrected chi connectivity index (χ1v) is 4.44. The third-order valence-corrected chi connectivity index (χ3v) is 2.32. The van der Waals surface area contributed by atoms with Gasteiger partial charge in [-0.1, -0.05) is 11.6 Å². The summed E-state index contributed by atoms with van der Waals surface area (Å²) in [5.41, 5.74) is 0. The van der Waals surface area contributed by atoms with Crippen LogP contribution in [0.2, 0.25) is 5.02 Å². The van der Waals surface area contributed by atoms with Crippen LogP contribution in [0.25, 0.3) is 0 Å². The predicted octanol–water partition coefficient (Wildman–Crippen LogP) is 1.32. The molecule has 0 aromatic carbocycles. The largest absolute Gasteiger partial charge is 0.481 e. The molecule has 1 atom stereocenters. The average Bonchev–Trinajstić information content (AvgIpc) is 2.05. The summed E-state index contributed by atoms with van der Waals surface area (Å²) in [5, 5.41) is 0.150. The van der Waals surface area contributed by atoms with E-state index in [1.807, 2.05) is 0 Å². The smallest absolute Gasteiger partial charge is 0.214 e. The molecule has 0 saturated heterocycles. The van der Waals surface area contributed by atoms with E-state index in [-0.39, 0.29) is 15.8 Å². The SMILES string of the molecule is COc1cc(S(=O)O)c(Cl)cn1. The highest BCUT2D eigenvalue weighted by atomic mass is 35.5. The fourth-order valence-corrected chi connectivity index (χ4v) is 1.37. The molecule has 0 aliphatic heterocycles. The minimum absolute atomic E-state index is 0.100. The van der Waals surface area contributed by atoms with Crippen molar-refractivity contribution in [3.05, 3.63) is 17.3 Å². The van der Waals surface area contributed by atoms with Crippen molar-refractivity contribution in [1.82, 2.24) is 4.98 Å². The van der Waals surface area contributed by atoms with Crippen LogP contribution in [0.15, 0.2) is 17.2 Å². The highest BCUT2D eigenvalue weighted by Gasteiger charge is 2.08. The highest BCUT2D eigenvalue weighted by molar-refractivity contribution is 7.79. The van der Waals surface area contributed by atoms with Crippen LogP contribution in [0.4, 0.5) is 0 Å². The first kappa shape index (κ1) is 9.44. The van der Waals surface area contributed by atoms with Gasteiger partial charge in [-0.3, -0.25) is 0 Å². The van der Waals surface area contributed by atoms with Crippen LogP contribution < -0.4 is 4.74 Å². The second-order valence-electron chi connectivity index (χ2n) is 1.91. The molecule has 0 radical (unpaired) electrons. The van der Waals surface area contributed by atoms with Gasteiger partial charge in [-0.05, 0) is 0 Å². The van der Waals surface area contributed by atoms with Gasteiger partial charge < -0.3 is 9.29 Å².